The third-order valence-electron chi connectivity index (χ3n) is 9.14. The number of para-hydroxylation sites is 1. The molecule has 212 valence electrons. The highest BCUT2D eigenvalue weighted by atomic mass is 32.1. The molecule has 0 unspecified atom stereocenters. The lowest BCUT2D eigenvalue weighted by Crippen LogP contribution is -2.02. The first-order valence-corrected chi connectivity index (χ1v) is 16.3. The van der Waals surface area contributed by atoms with Gasteiger partial charge in [-0.05, 0) is 68.8 Å². The molecule has 0 saturated carbocycles. The van der Waals surface area contributed by atoms with Crippen molar-refractivity contribution in [2.24, 2.45) is 0 Å². The molecule has 0 aliphatic heterocycles. The molecule has 0 spiro atoms. The smallest absolute Gasteiger partial charge is 0.0512 e. The maximum absolute atomic E-state index is 4.09. The molecular formula is C43H29NS. The molecule has 7 aromatic carbocycles. The molecule has 0 saturated heterocycles. The van der Waals surface area contributed by atoms with E-state index in [1.807, 2.05) is 11.3 Å². The van der Waals surface area contributed by atoms with E-state index in [1.165, 1.54) is 81.5 Å². The van der Waals surface area contributed by atoms with Crippen molar-refractivity contribution < 1.29 is 0 Å². The van der Waals surface area contributed by atoms with Crippen LogP contribution in [0.25, 0.3) is 64.7 Å². The van der Waals surface area contributed by atoms with Crippen LogP contribution in [0, 0.1) is 0 Å². The van der Waals surface area contributed by atoms with Crippen LogP contribution in [0.4, 0.5) is 11.4 Å². The van der Waals surface area contributed by atoms with E-state index >= 15 is 0 Å². The third-order valence-corrected chi connectivity index (χ3v) is 10.3. The highest BCUT2D eigenvalue weighted by molar-refractivity contribution is 7.25. The standard InChI is InChI=1S/C43H29NS/c1-3-14-28(15-4-1)35-27-36-31-19-8-7-18-30(31)26-37(36)43(41(35)29-16-5-2-6-17-29)44-38-23-11-9-20-32(38)33-22-13-25-40-42(33)34-21-10-12-24-39(34)45-40/h1-25,27,44H,26H2. The maximum atomic E-state index is 4.09. The van der Waals surface area contributed by atoms with Crippen molar-refractivity contribution >= 4 is 42.9 Å². The van der Waals surface area contributed by atoms with Gasteiger partial charge in [-0.15, -0.1) is 11.3 Å². The topological polar surface area (TPSA) is 12.0 Å². The van der Waals surface area contributed by atoms with Crippen LogP contribution in [-0.2, 0) is 6.42 Å². The first-order valence-electron chi connectivity index (χ1n) is 15.5. The van der Waals surface area contributed by atoms with Crippen LogP contribution in [0.5, 0.6) is 0 Å². The lowest BCUT2D eigenvalue weighted by molar-refractivity contribution is 1.26. The number of hydrogen-bond acceptors (Lipinski definition) is 2. The number of fused-ring (bicyclic) bond motifs is 6. The quantitative estimate of drug-likeness (QED) is 0.210. The minimum atomic E-state index is 0.898. The molecule has 2 heteroatoms. The Labute approximate surface area is 267 Å². The Balaban J connectivity index is 1.32. The van der Waals surface area contributed by atoms with Gasteiger partial charge in [0.2, 0.25) is 0 Å². The van der Waals surface area contributed by atoms with Gasteiger partial charge in [-0.3, -0.25) is 0 Å². The Bertz CT molecular complexity index is 2370. The highest BCUT2D eigenvalue weighted by Gasteiger charge is 2.27. The van der Waals surface area contributed by atoms with Crippen molar-refractivity contribution in [2.45, 2.75) is 6.42 Å². The largest absolute Gasteiger partial charge is 0.354 e. The summed E-state index contributed by atoms with van der Waals surface area (Å²) in [6, 6.07) is 57.3. The van der Waals surface area contributed by atoms with Gasteiger partial charge < -0.3 is 5.32 Å². The molecule has 9 rings (SSSR count). The molecule has 1 N–H and O–H groups in total. The van der Waals surface area contributed by atoms with Crippen molar-refractivity contribution in [3.05, 3.63) is 169 Å². The Hall–Kier alpha value is -5.44. The lowest BCUT2D eigenvalue weighted by Gasteiger charge is -2.23. The Morgan fingerprint density at radius 1 is 0.467 bits per heavy atom. The predicted octanol–water partition coefficient (Wildman–Crippen LogP) is 12.4. The fraction of sp³-hybridized carbons (Fsp3) is 0.0233. The summed E-state index contributed by atoms with van der Waals surface area (Å²) in [6.45, 7) is 0. The van der Waals surface area contributed by atoms with Gasteiger partial charge in [0.25, 0.3) is 0 Å². The summed E-state index contributed by atoms with van der Waals surface area (Å²) in [4.78, 5) is 0. The second kappa shape index (κ2) is 10.6. The van der Waals surface area contributed by atoms with Crippen molar-refractivity contribution in [3.8, 4) is 44.5 Å². The Morgan fingerprint density at radius 2 is 1.11 bits per heavy atom. The minimum Gasteiger partial charge on any atom is -0.354 e. The van der Waals surface area contributed by atoms with Crippen LogP contribution in [0.3, 0.4) is 0 Å². The first-order chi connectivity index (χ1) is 22.3. The number of nitrogens with one attached hydrogen (secondary N) is 1. The van der Waals surface area contributed by atoms with Crippen LogP contribution in [0.15, 0.2) is 158 Å². The van der Waals surface area contributed by atoms with Crippen LogP contribution in [0.1, 0.15) is 11.1 Å². The van der Waals surface area contributed by atoms with E-state index < -0.39 is 0 Å². The number of hydrogen-bond donors (Lipinski definition) is 1. The Kier molecular flexibility index (Phi) is 6.14. The summed E-state index contributed by atoms with van der Waals surface area (Å²) in [7, 11) is 0. The summed E-state index contributed by atoms with van der Waals surface area (Å²) in [6.07, 6.45) is 0.898. The minimum absolute atomic E-state index is 0.898. The summed E-state index contributed by atoms with van der Waals surface area (Å²) in [5, 5.41) is 6.73. The first kappa shape index (κ1) is 26.0. The van der Waals surface area contributed by atoms with Gasteiger partial charge in [0.1, 0.15) is 0 Å². The maximum Gasteiger partial charge on any atom is 0.0512 e. The highest BCUT2D eigenvalue weighted by Crippen LogP contribution is 2.51. The summed E-state index contributed by atoms with van der Waals surface area (Å²) in [5.41, 5.74) is 15.0. The van der Waals surface area contributed by atoms with E-state index in [2.05, 4.69) is 163 Å². The normalized spacial score (nSPS) is 11.9. The number of anilines is 2. The molecule has 1 aromatic heterocycles. The monoisotopic (exact) mass is 591 g/mol. The van der Waals surface area contributed by atoms with Gasteiger partial charge in [-0.2, -0.15) is 0 Å². The molecular weight excluding hydrogens is 563 g/mol. The molecule has 45 heavy (non-hydrogen) atoms. The second-order valence-corrected chi connectivity index (χ2v) is 12.8. The zero-order valence-corrected chi connectivity index (χ0v) is 25.4. The molecule has 1 heterocycles. The molecule has 0 radical (unpaired) electrons. The number of benzene rings is 7. The summed E-state index contributed by atoms with van der Waals surface area (Å²) >= 11 is 1.87. The van der Waals surface area contributed by atoms with E-state index in [0.717, 1.165) is 12.1 Å². The van der Waals surface area contributed by atoms with Gasteiger partial charge in [-0.1, -0.05) is 133 Å². The lowest BCUT2D eigenvalue weighted by atomic mass is 9.87. The second-order valence-electron chi connectivity index (χ2n) is 11.7. The zero-order chi connectivity index (χ0) is 29.7. The molecule has 1 aliphatic carbocycles. The molecule has 1 nitrogen and oxygen atoms in total. The van der Waals surface area contributed by atoms with E-state index in [-0.39, 0.29) is 0 Å². The molecule has 0 bridgehead atoms. The third kappa shape index (κ3) is 4.29. The van der Waals surface area contributed by atoms with E-state index in [1.54, 1.807) is 0 Å². The van der Waals surface area contributed by atoms with Gasteiger partial charge in [0, 0.05) is 43.4 Å². The zero-order valence-electron chi connectivity index (χ0n) is 24.6. The van der Waals surface area contributed by atoms with Crippen LogP contribution < -0.4 is 5.32 Å². The van der Waals surface area contributed by atoms with Gasteiger partial charge in [0.05, 0.1) is 5.69 Å². The SMILES string of the molecule is c1ccc(-c2cc3c(c(Nc4ccccc4-c4cccc5sc6ccccc6c45)c2-c2ccccc2)Cc2ccccc2-3)cc1. The van der Waals surface area contributed by atoms with Gasteiger partial charge in [-0.25, -0.2) is 0 Å². The van der Waals surface area contributed by atoms with Crippen molar-refractivity contribution in [3.63, 3.8) is 0 Å². The Morgan fingerprint density at radius 3 is 1.96 bits per heavy atom. The molecule has 0 atom stereocenters. The summed E-state index contributed by atoms with van der Waals surface area (Å²) < 4.78 is 2.64. The predicted molar refractivity (Wildman–Crippen MR) is 194 cm³/mol. The number of rotatable bonds is 5. The van der Waals surface area contributed by atoms with Gasteiger partial charge >= 0.3 is 0 Å². The summed E-state index contributed by atoms with van der Waals surface area (Å²) in [5.74, 6) is 0. The molecule has 8 aromatic rings. The van der Waals surface area contributed by atoms with Gasteiger partial charge in [0.15, 0.2) is 0 Å². The fourth-order valence-corrected chi connectivity index (χ4v) is 8.26. The average molecular weight is 592 g/mol. The fourth-order valence-electron chi connectivity index (χ4n) is 7.12. The van der Waals surface area contributed by atoms with E-state index in [0.29, 0.717) is 0 Å². The molecule has 1 aliphatic rings. The van der Waals surface area contributed by atoms with Crippen LogP contribution in [-0.4, -0.2) is 0 Å². The van der Waals surface area contributed by atoms with Crippen molar-refractivity contribution in [1.82, 2.24) is 0 Å². The average Bonchev–Trinajstić information content (AvgIpc) is 3.68. The van der Waals surface area contributed by atoms with Crippen LogP contribution in [0.2, 0.25) is 0 Å². The molecule has 0 fully saturated rings. The molecule has 0 amide bonds. The van der Waals surface area contributed by atoms with E-state index in [4.69, 9.17) is 0 Å². The van der Waals surface area contributed by atoms with Crippen molar-refractivity contribution in [2.75, 3.05) is 5.32 Å². The van der Waals surface area contributed by atoms with Crippen LogP contribution >= 0.6 is 11.3 Å². The van der Waals surface area contributed by atoms with E-state index in [9.17, 15) is 0 Å². The van der Waals surface area contributed by atoms with Crippen molar-refractivity contribution in [1.29, 1.82) is 0 Å². The number of thiophene rings is 1.